The Kier molecular flexibility index (Phi) is 19.4. The van der Waals surface area contributed by atoms with Gasteiger partial charge in [0, 0.05) is 61.1 Å². The summed E-state index contributed by atoms with van der Waals surface area (Å²) in [5.41, 5.74) is 0.903. The van der Waals surface area contributed by atoms with Crippen LogP contribution in [0.5, 0.6) is 0 Å². The van der Waals surface area contributed by atoms with Crippen LogP contribution in [-0.4, -0.2) is 71.7 Å². The van der Waals surface area contributed by atoms with Gasteiger partial charge in [-0.15, -0.1) is 0 Å². The number of amides is 2. The number of hydrogen-bond donors (Lipinski definition) is 1. The second kappa shape index (κ2) is 21.7. The van der Waals surface area contributed by atoms with Crippen LogP contribution in [0, 0.1) is 0 Å². The SMILES string of the molecule is C.C1CCOC1.C=CC(=O)C[C@H](Cc1ccc(Cl)cc1)NC(=O)OC(C)(C)C.CC(C)(C)OC(=O)N1CCC(=O)CC1Cc1ccc(Cl)cc1. The van der Waals surface area contributed by atoms with Crippen LogP contribution in [0.3, 0.4) is 0 Å². The summed E-state index contributed by atoms with van der Waals surface area (Å²) < 4.78 is 15.6. The standard InChI is InChI=1S/2C17H22ClNO3.C4H8O.CH4/c1-17(2,3)22-16(21)19-9-8-15(20)11-14(19)10-12-4-6-13(18)7-5-12;1-5-15(20)11-14(19-16(21)22-17(2,3)4)10-12-6-8-13(18)9-7-12;1-2-4-5-3-1;/h4-7,14H,8-11H2,1-3H3;5-9,14H,1,10-11H2,2-4H3,(H,19,21);1-4H2;1H4/t;14-;;/m.0../s1. The first-order chi connectivity index (χ1) is 22.9. The van der Waals surface area contributed by atoms with Crippen molar-refractivity contribution in [2.24, 2.45) is 0 Å². The molecule has 0 aliphatic carbocycles. The zero-order chi connectivity index (χ0) is 36.6. The summed E-state index contributed by atoms with van der Waals surface area (Å²) in [6.07, 6.45) is 5.01. The highest BCUT2D eigenvalue weighted by Gasteiger charge is 2.33. The molecule has 50 heavy (non-hydrogen) atoms. The van der Waals surface area contributed by atoms with E-state index in [0.29, 0.717) is 42.3 Å². The maximum atomic E-state index is 12.3. The number of carbonyl (C=O) groups is 4. The van der Waals surface area contributed by atoms with Crippen molar-refractivity contribution >= 4 is 47.0 Å². The van der Waals surface area contributed by atoms with E-state index in [-0.39, 0.29) is 43.6 Å². The minimum absolute atomic E-state index is 0. The molecule has 0 saturated carbocycles. The van der Waals surface area contributed by atoms with Gasteiger partial charge in [0.05, 0.1) is 0 Å². The largest absolute Gasteiger partial charge is 0.444 e. The van der Waals surface area contributed by atoms with Gasteiger partial charge in [0.25, 0.3) is 0 Å². The maximum absolute atomic E-state index is 12.3. The summed E-state index contributed by atoms with van der Waals surface area (Å²) >= 11 is 11.7. The lowest BCUT2D eigenvalue weighted by atomic mass is 9.95. The Bertz CT molecular complexity index is 1360. The quantitative estimate of drug-likeness (QED) is 0.269. The number of alkyl carbamates (subject to hydrolysis) is 1. The minimum Gasteiger partial charge on any atom is -0.444 e. The molecule has 2 aliphatic heterocycles. The molecule has 9 nitrogen and oxygen atoms in total. The van der Waals surface area contributed by atoms with Crippen LogP contribution in [0.2, 0.25) is 10.0 Å². The van der Waals surface area contributed by atoms with E-state index in [1.165, 1.54) is 18.9 Å². The third-order valence-corrected chi connectivity index (χ3v) is 7.67. The van der Waals surface area contributed by atoms with Gasteiger partial charge >= 0.3 is 12.2 Å². The van der Waals surface area contributed by atoms with Crippen molar-refractivity contribution in [1.29, 1.82) is 0 Å². The molecular formula is C39H56Cl2N2O7. The van der Waals surface area contributed by atoms with Gasteiger partial charge in [-0.3, -0.25) is 9.59 Å². The van der Waals surface area contributed by atoms with Crippen LogP contribution in [-0.2, 0) is 36.6 Å². The van der Waals surface area contributed by atoms with E-state index < -0.39 is 17.3 Å². The molecule has 2 fully saturated rings. The lowest BCUT2D eigenvalue weighted by Gasteiger charge is -2.36. The van der Waals surface area contributed by atoms with Crippen LogP contribution in [0.1, 0.15) is 92.2 Å². The second-order valence-corrected chi connectivity index (χ2v) is 14.9. The van der Waals surface area contributed by atoms with Crippen molar-refractivity contribution in [3.8, 4) is 0 Å². The Morgan fingerprint density at radius 3 is 1.90 bits per heavy atom. The van der Waals surface area contributed by atoms with Crippen molar-refractivity contribution in [2.45, 2.75) is 117 Å². The van der Waals surface area contributed by atoms with Crippen LogP contribution >= 0.6 is 23.2 Å². The van der Waals surface area contributed by atoms with E-state index in [1.807, 2.05) is 57.2 Å². The van der Waals surface area contributed by atoms with Gasteiger partial charge in [-0.2, -0.15) is 0 Å². The Morgan fingerprint density at radius 2 is 1.44 bits per heavy atom. The number of ketones is 2. The Labute approximate surface area is 309 Å². The third-order valence-electron chi connectivity index (χ3n) is 7.17. The molecule has 2 aromatic rings. The van der Waals surface area contributed by atoms with Crippen LogP contribution < -0.4 is 5.32 Å². The zero-order valence-corrected chi connectivity index (χ0v) is 31.2. The average Bonchev–Trinajstić information content (AvgIpc) is 3.59. The first-order valence-corrected chi connectivity index (χ1v) is 17.4. The number of hydrogen-bond acceptors (Lipinski definition) is 7. The van der Waals surface area contributed by atoms with E-state index in [2.05, 4.69) is 11.9 Å². The molecule has 2 amide bonds. The van der Waals surface area contributed by atoms with Crippen molar-refractivity contribution in [3.05, 3.63) is 82.4 Å². The van der Waals surface area contributed by atoms with E-state index in [4.69, 9.17) is 37.4 Å². The first-order valence-electron chi connectivity index (χ1n) is 16.7. The Morgan fingerprint density at radius 1 is 0.920 bits per heavy atom. The number of likely N-dealkylation sites (tertiary alicyclic amines) is 1. The number of allylic oxidation sites excluding steroid dienone is 1. The highest BCUT2D eigenvalue weighted by Crippen LogP contribution is 2.23. The molecule has 2 aliphatic rings. The summed E-state index contributed by atoms with van der Waals surface area (Å²) in [5, 5.41) is 4.05. The lowest BCUT2D eigenvalue weighted by Crippen LogP contribution is -2.49. The predicted octanol–water partition coefficient (Wildman–Crippen LogP) is 9.21. The van der Waals surface area contributed by atoms with Crippen LogP contribution in [0.4, 0.5) is 9.59 Å². The van der Waals surface area contributed by atoms with E-state index in [0.717, 1.165) is 24.3 Å². The molecule has 0 aromatic heterocycles. The molecule has 2 saturated heterocycles. The average molecular weight is 736 g/mol. The highest BCUT2D eigenvalue weighted by molar-refractivity contribution is 6.30. The molecule has 1 N–H and O–H groups in total. The van der Waals surface area contributed by atoms with Gasteiger partial charge in [-0.1, -0.05) is 61.5 Å². The molecule has 0 spiro atoms. The number of carbonyl (C=O) groups excluding carboxylic acids is 4. The summed E-state index contributed by atoms with van der Waals surface area (Å²) in [6.45, 7) is 16.8. The maximum Gasteiger partial charge on any atom is 0.410 e. The van der Waals surface area contributed by atoms with Gasteiger partial charge in [0.1, 0.15) is 17.0 Å². The van der Waals surface area contributed by atoms with Gasteiger partial charge in [-0.25, -0.2) is 9.59 Å². The number of nitrogens with zero attached hydrogens (tertiary/aromatic N) is 1. The monoisotopic (exact) mass is 734 g/mol. The predicted molar refractivity (Wildman–Crippen MR) is 201 cm³/mol. The minimum atomic E-state index is -0.586. The fraction of sp³-hybridized carbons (Fsp3) is 0.538. The third kappa shape index (κ3) is 19.1. The number of halogens is 2. The van der Waals surface area contributed by atoms with Gasteiger partial charge < -0.3 is 24.4 Å². The lowest BCUT2D eigenvalue weighted by molar-refractivity contribution is -0.123. The molecule has 0 radical (unpaired) electrons. The molecule has 278 valence electrons. The van der Waals surface area contributed by atoms with Gasteiger partial charge in [0.15, 0.2) is 5.78 Å². The van der Waals surface area contributed by atoms with Crippen molar-refractivity contribution in [1.82, 2.24) is 10.2 Å². The number of nitrogens with one attached hydrogen (secondary N) is 1. The van der Waals surface area contributed by atoms with Gasteiger partial charge in [-0.05, 0) is 109 Å². The first kappa shape index (κ1) is 44.6. The summed E-state index contributed by atoms with van der Waals surface area (Å²) in [7, 11) is 0. The Balaban J connectivity index is 0.000000430. The van der Waals surface area contributed by atoms with Crippen molar-refractivity contribution in [2.75, 3.05) is 19.8 Å². The number of benzene rings is 2. The fourth-order valence-electron chi connectivity index (χ4n) is 4.93. The van der Waals surface area contributed by atoms with Gasteiger partial charge in [0.2, 0.25) is 0 Å². The molecule has 11 heteroatoms. The molecule has 0 bridgehead atoms. The molecule has 4 rings (SSSR count). The van der Waals surface area contributed by atoms with Crippen molar-refractivity contribution < 1.29 is 33.4 Å². The highest BCUT2D eigenvalue weighted by atomic mass is 35.5. The van der Waals surface area contributed by atoms with E-state index in [1.54, 1.807) is 37.8 Å². The van der Waals surface area contributed by atoms with Crippen LogP contribution in [0.25, 0.3) is 0 Å². The van der Waals surface area contributed by atoms with E-state index >= 15 is 0 Å². The summed E-state index contributed by atoms with van der Waals surface area (Å²) in [6, 6.07) is 14.3. The number of Topliss-reactive ketones (excluding diaryl/α,β-unsaturated/α-hetero) is 1. The second-order valence-electron chi connectivity index (χ2n) is 14.0. The number of piperidine rings is 1. The molecule has 2 atom stereocenters. The summed E-state index contributed by atoms with van der Waals surface area (Å²) in [5.74, 6) is 0.0637. The molecular weight excluding hydrogens is 679 g/mol. The molecule has 1 unspecified atom stereocenters. The fourth-order valence-corrected chi connectivity index (χ4v) is 5.18. The molecule has 2 heterocycles. The normalized spacial score (nSPS) is 16.3. The Hall–Kier alpha value is -3.40. The molecule has 2 aromatic carbocycles. The summed E-state index contributed by atoms with van der Waals surface area (Å²) in [4.78, 5) is 49.3. The van der Waals surface area contributed by atoms with Crippen molar-refractivity contribution in [3.63, 3.8) is 0 Å². The number of rotatable bonds is 8. The van der Waals surface area contributed by atoms with Crippen LogP contribution in [0.15, 0.2) is 61.2 Å². The van der Waals surface area contributed by atoms with E-state index in [9.17, 15) is 19.2 Å². The zero-order valence-electron chi connectivity index (χ0n) is 29.7. The smallest absolute Gasteiger partial charge is 0.410 e. The number of ether oxygens (including phenoxy) is 3. The topological polar surface area (TPSA) is 111 Å².